The van der Waals surface area contributed by atoms with E-state index in [1.807, 2.05) is 30.6 Å². The molecule has 0 atom stereocenters. The Labute approximate surface area is 226 Å². The third-order valence-electron chi connectivity index (χ3n) is 6.27. The van der Waals surface area contributed by atoms with E-state index in [9.17, 15) is 13.2 Å². The minimum absolute atomic E-state index is 0.0704. The maximum absolute atomic E-state index is 13.4. The van der Waals surface area contributed by atoms with Gasteiger partial charge in [-0.1, -0.05) is 26.3 Å². The Balaban J connectivity index is 1.73. The molecule has 39 heavy (non-hydrogen) atoms. The van der Waals surface area contributed by atoms with Crippen LogP contribution < -0.4 is 21.1 Å². The Morgan fingerprint density at radius 1 is 0.974 bits per heavy atom. The van der Waals surface area contributed by atoms with Crippen LogP contribution in [0.1, 0.15) is 43.4 Å². The number of rotatable bonds is 11. The van der Waals surface area contributed by atoms with Crippen LogP contribution >= 0.6 is 0 Å². The molecule has 2 aromatic carbocycles. The highest BCUT2D eigenvalue weighted by Gasteiger charge is 2.31. The first kappa shape index (κ1) is 28.0. The second-order valence-corrected chi connectivity index (χ2v) is 9.23. The first-order valence-corrected chi connectivity index (χ1v) is 12.9. The van der Waals surface area contributed by atoms with E-state index in [1.165, 1.54) is 18.7 Å². The highest BCUT2D eigenvalue weighted by Crippen LogP contribution is 2.35. The highest BCUT2D eigenvalue weighted by atomic mass is 19.4. The van der Waals surface area contributed by atoms with E-state index >= 15 is 0 Å². The molecule has 0 aliphatic heterocycles. The lowest BCUT2D eigenvalue weighted by molar-refractivity contribution is -0.137. The van der Waals surface area contributed by atoms with Crippen molar-refractivity contribution in [2.24, 2.45) is 5.73 Å². The maximum Gasteiger partial charge on any atom is 0.416 e. The van der Waals surface area contributed by atoms with E-state index in [2.05, 4.69) is 45.1 Å². The average molecular weight is 539 g/mol. The van der Waals surface area contributed by atoms with Crippen molar-refractivity contribution in [3.05, 3.63) is 77.7 Å². The van der Waals surface area contributed by atoms with Gasteiger partial charge in [-0.2, -0.15) is 18.2 Å². The Bertz CT molecular complexity index is 1420. The normalized spacial score (nSPS) is 11.5. The zero-order valence-corrected chi connectivity index (χ0v) is 22.3. The molecule has 0 aliphatic rings. The van der Waals surface area contributed by atoms with Crippen LogP contribution in [0.2, 0.25) is 0 Å². The van der Waals surface area contributed by atoms with E-state index in [0.29, 0.717) is 12.4 Å². The molecule has 7 nitrogen and oxygen atoms in total. The molecule has 0 spiro atoms. The number of nitrogens with two attached hydrogens (primary N) is 1. The quantitative estimate of drug-likeness (QED) is 0.186. The number of hydrogen-bond acceptors (Lipinski definition) is 6. The number of ether oxygens (including phenoxy) is 1. The Morgan fingerprint density at radius 2 is 1.79 bits per heavy atom. The molecule has 0 saturated carbocycles. The van der Waals surface area contributed by atoms with Crippen molar-refractivity contribution in [1.29, 1.82) is 0 Å². The number of nitrogens with one attached hydrogen (secondary N) is 2. The van der Waals surface area contributed by atoms with Crippen molar-refractivity contribution in [2.45, 2.75) is 52.4 Å². The molecule has 10 heteroatoms. The zero-order chi connectivity index (χ0) is 28.0. The molecular weight excluding hydrogens is 505 g/mol. The van der Waals surface area contributed by atoms with E-state index in [4.69, 9.17) is 10.5 Å². The zero-order valence-electron chi connectivity index (χ0n) is 22.3. The molecule has 2 aromatic heterocycles. The number of anilines is 4. The summed E-state index contributed by atoms with van der Waals surface area (Å²) in [7, 11) is 1.32. The second kappa shape index (κ2) is 12.2. The summed E-state index contributed by atoms with van der Waals surface area (Å²) < 4.78 is 47.5. The van der Waals surface area contributed by atoms with Gasteiger partial charge >= 0.3 is 6.18 Å². The summed E-state index contributed by atoms with van der Waals surface area (Å²) in [6.07, 6.45) is 4.08. The maximum atomic E-state index is 13.4. The van der Waals surface area contributed by atoms with Crippen LogP contribution in [0.5, 0.6) is 5.75 Å². The van der Waals surface area contributed by atoms with Crippen LogP contribution in [0.15, 0.2) is 61.1 Å². The minimum Gasteiger partial charge on any atom is -0.497 e. The molecule has 0 bridgehead atoms. The molecule has 0 radical (unpaired) electrons. The van der Waals surface area contributed by atoms with Crippen molar-refractivity contribution >= 4 is 23.1 Å². The summed E-state index contributed by atoms with van der Waals surface area (Å²) in [4.78, 5) is 9.07. The average Bonchev–Trinajstić information content (AvgIpc) is 3.37. The third-order valence-corrected chi connectivity index (χ3v) is 6.27. The summed E-state index contributed by atoms with van der Waals surface area (Å²) >= 11 is 0. The molecule has 0 unspecified atom stereocenters. The van der Waals surface area contributed by atoms with Crippen molar-refractivity contribution in [3.63, 3.8) is 0 Å². The topological polar surface area (TPSA) is 90.0 Å². The molecule has 0 fully saturated rings. The largest absolute Gasteiger partial charge is 0.497 e. The van der Waals surface area contributed by atoms with Crippen LogP contribution in [-0.2, 0) is 25.7 Å². The second-order valence-electron chi connectivity index (χ2n) is 9.23. The summed E-state index contributed by atoms with van der Waals surface area (Å²) in [5, 5.41) is 6.28. The van der Waals surface area contributed by atoms with Crippen molar-refractivity contribution in [2.75, 3.05) is 17.7 Å². The van der Waals surface area contributed by atoms with E-state index in [1.54, 1.807) is 6.20 Å². The molecule has 2 heterocycles. The van der Waals surface area contributed by atoms with Gasteiger partial charge in [0.25, 0.3) is 0 Å². The summed E-state index contributed by atoms with van der Waals surface area (Å²) in [5.41, 5.74) is 10.1. The van der Waals surface area contributed by atoms with Gasteiger partial charge in [-0.05, 0) is 54.3 Å². The van der Waals surface area contributed by atoms with Crippen LogP contribution in [0, 0.1) is 0 Å². The van der Waals surface area contributed by atoms with Gasteiger partial charge in [0.1, 0.15) is 11.6 Å². The predicted molar refractivity (Wildman–Crippen MR) is 149 cm³/mol. The number of aromatic nitrogens is 3. The van der Waals surface area contributed by atoms with E-state index in [0.717, 1.165) is 60.3 Å². The number of alkyl halides is 3. The number of methoxy groups -OCH3 is 1. The van der Waals surface area contributed by atoms with Gasteiger partial charge in [0.2, 0.25) is 5.95 Å². The van der Waals surface area contributed by atoms with Crippen LogP contribution in [0.3, 0.4) is 0 Å². The van der Waals surface area contributed by atoms with Crippen LogP contribution in [0.4, 0.5) is 36.3 Å². The molecule has 4 aromatic rings. The molecule has 0 amide bonds. The summed E-state index contributed by atoms with van der Waals surface area (Å²) in [6, 6.07) is 11.4. The van der Waals surface area contributed by atoms with Gasteiger partial charge in [0, 0.05) is 60.2 Å². The Kier molecular flexibility index (Phi) is 8.75. The Hall–Kier alpha value is -4.05. The van der Waals surface area contributed by atoms with Gasteiger partial charge in [-0.3, -0.25) is 0 Å². The van der Waals surface area contributed by atoms with Crippen molar-refractivity contribution in [1.82, 2.24) is 14.5 Å². The van der Waals surface area contributed by atoms with Crippen LogP contribution in [0.25, 0.3) is 11.1 Å². The molecule has 4 N–H and O–H groups in total. The smallest absolute Gasteiger partial charge is 0.416 e. The highest BCUT2D eigenvalue weighted by molar-refractivity contribution is 5.79. The fraction of sp³-hybridized carbons (Fsp3) is 0.310. The Morgan fingerprint density at radius 3 is 2.49 bits per heavy atom. The fourth-order valence-electron chi connectivity index (χ4n) is 4.37. The summed E-state index contributed by atoms with van der Waals surface area (Å²) in [6.45, 7) is 5.51. The molecule has 206 valence electrons. The number of halogens is 3. The van der Waals surface area contributed by atoms with Crippen LogP contribution in [-0.4, -0.2) is 21.6 Å². The third kappa shape index (κ3) is 6.88. The van der Waals surface area contributed by atoms with Gasteiger partial charge < -0.3 is 25.7 Å². The molecule has 4 rings (SSSR count). The van der Waals surface area contributed by atoms with Crippen molar-refractivity contribution in [3.8, 4) is 16.9 Å². The molecular formula is C29H33F3N6O. The van der Waals surface area contributed by atoms with E-state index in [-0.39, 0.29) is 17.4 Å². The number of nitrogens with zero attached hydrogens (tertiary/aromatic N) is 3. The summed E-state index contributed by atoms with van der Waals surface area (Å²) in [5.74, 6) is 0.713. The van der Waals surface area contributed by atoms with Crippen molar-refractivity contribution < 1.29 is 17.9 Å². The first-order chi connectivity index (χ1) is 18.7. The molecule has 0 aliphatic carbocycles. The number of benzene rings is 2. The monoisotopic (exact) mass is 538 g/mol. The standard InChI is InChI=1S/C29H33F3N6O/c1-4-6-19-7-8-23(12-21(19)16-33)35-27-26(20-9-11-38(18-20)10-5-2)17-34-28(37-27)36-24-13-22(29(30,31)32)14-25(15-24)39-3/h7-9,11-15,17-18H,4-6,10,16,33H2,1-3H3,(H2,34,35,36,37). The number of hydrogen-bond donors (Lipinski definition) is 3. The lowest BCUT2D eigenvalue weighted by Gasteiger charge is -2.16. The minimum atomic E-state index is -4.53. The van der Waals surface area contributed by atoms with Gasteiger partial charge in [-0.25, -0.2) is 4.98 Å². The molecule has 0 saturated heterocycles. The lowest BCUT2D eigenvalue weighted by Crippen LogP contribution is -2.07. The first-order valence-electron chi connectivity index (χ1n) is 12.9. The van der Waals surface area contributed by atoms with Gasteiger partial charge in [0.15, 0.2) is 0 Å². The lowest BCUT2D eigenvalue weighted by atomic mass is 10.0. The predicted octanol–water partition coefficient (Wildman–Crippen LogP) is 7.28. The fourth-order valence-corrected chi connectivity index (χ4v) is 4.37. The van der Waals surface area contributed by atoms with E-state index < -0.39 is 11.7 Å². The number of aryl methyl sites for hydroxylation is 2. The van der Waals surface area contributed by atoms with Gasteiger partial charge in [0.05, 0.1) is 12.7 Å². The van der Waals surface area contributed by atoms with Gasteiger partial charge in [-0.15, -0.1) is 0 Å². The SMILES string of the molecule is CCCc1ccc(Nc2nc(Nc3cc(OC)cc(C(F)(F)F)c3)ncc2-c2ccn(CCC)c2)cc1CN.